The molecule has 1 atom stereocenters. The maximum Gasteiger partial charge on any atom is 0.233 e. The Morgan fingerprint density at radius 2 is 1.76 bits per heavy atom. The number of fused-ring (bicyclic) bond motifs is 2. The van der Waals surface area contributed by atoms with Crippen LogP contribution < -0.4 is 5.32 Å². The number of rotatable bonds is 8. The second kappa shape index (κ2) is 9.71. The summed E-state index contributed by atoms with van der Waals surface area (Å²) in [6, 6.07) is 27.7. The Labute approximate surface area is 202 Å². The van der Waals surface area contributed by atoms with Gasteiger partial charge in [0, 0.05) is 18.0 Å². The number of hydrogen-bond acceptors (Lipinski definition) is 5. The van der Waals surface area contributed by atoms with Gasteiger partial charge in [-0.25, -0.2) is 4.98 Å². The standard InChI is InChI=1S/C28H25N3O2S/c1-28(19-33-18-20-9-3-2-4-10-20,17-25-30-22-13-5-6-15-24(22)34-25)27(32)31-23-14-7-11-21-12-8-16-29-26(21)23/h2-16H,17-19H2,1H3,(H,31,32). The van der Waals surface area contributed by atoms with Gasteiger partial charge in [0.2, 0.25) is 5.91 Å². The van der Waals surface area contributed by atoms with Crippen LogP contribution in [0, 0.1) is 5.41 Å². The second-order valence-electron chi connectivity index (χ2n) is 8.63. The summed E-state index contributed by atoms with van der Waals surface area (Å²) < 4.78 is 7.19. The first-order chi connectivity index (χ1) is 16.6. The zero-order valence-corrected chi connectivity index (χ0v) is 19.7. The van der Waals surface area contributed by atoms with Crippen LogP contribution in [-0.2, 0) is 22.6 Å². The number of thiazole rings is 1. The van der Waals surface area contributed by atoms with Crippen molar-refractivity contribution < 1.29 is 9.53 Å². The minimum absolute atomic E-state index is 0.113. The molecule has 1 amide bonds. The van der Waals surface area contributed by atoms with E-state index in [0.29, 0.717) is 18.7 Å². The van der Waals surface area contributed by atoms with Crippen molar-refractivity contribution >= 4 is 44.1 Å². The molecule has 0 aliphatic heterocycles. The van der Waals surface area contributed by atoms with Crippen LogP contribution in [0.2, 0.25) is 0 Å². The first-order valence-corrected chi connectivity index (χ1v) is 12.0. The van der Waals surface area contributed by atoms with E-state index in [0.717, 1.165) is 31.7 Å². The molecule has 0 aliphatic carbocycles. The lowest BCUT2D eigenvalue weighted by Crippen LogP contribution is -2.39. The number of anilines is 1. The van der Waals surface area contributed by atoms with Crippen molar-refractivity contribution in [3.8, 4) is 0 Å². The molecular weight excluding hydrogens is 442 g/mol. The maximum atomic E-state index is 13.7. The maximum absolute atomic E-state index is 13.7. The summed E-state index contributed by atoms with van der Waals surface area (Å²) in [6.07, 6.45) is 2.21. The number of ether oxygens (including phenoxy) is 1. The van der Waals surface area contributed by atoms with E-state index >= 15 is 0 Å². The molecule has 0 saturated heterocycles. The van der Waals surface area contributed by atoms with Crippen molar-refractivity contribution in [2.24, 2.45) is 5.41 Å². The average molecular weight is 468 g/mol. The zero-order valence-electron chi connectivity index (χ0n) is 18.9. The third-order valence-electron chi connectivity index (χ3n) is 5.84. The van der Waals surface area contributed by atoms with Crippen LogP contribution in [0.15, 0.2) is 91.1 Å². The summed E-state index contributed by atoms with van der Waals surface area (Å²) in [7, 11) is 0. The third-order valence-corrected chi connectivity index (χ3v) is 6.88. The lowest BCUT2D eigenvalue weighted by molar-refractivity contribution is -0.128. The predicted octanol–water partition coefficient (Wildman–Crippen LogP) is 6.25. The third kappa shape index (κ3) is 4.83. The fourth-order valence-electron chi connectivity index (χ4n) is 3.97. The van der Waals surface area contributed by atoms with Gasteiger partial charge in [0.25, 0.3) is 0 Å². The molecule has 5 nitrogen and oxygen atoms in total. The number of carbonyl (C=O) groups is 1. The highest BCUT2D eigenvalue weighted by molar-refractivity contribution is 7.18. The van der Waals surface area contributed by atoms with Crippen LogP contribution >= 0.6 is 11.3 Å². The van der Waals surface area contributed by atoms with Crippen LogP contribution in [0.1, 0.15) is 17.5 Å². The van der Waals surface area contributed by atoms with E-state index in [2.05, 4.69) is 16.4 Å². The van der Waals surface area contributed by atoms with Crippen molar-refractivity contribution in [2.45, 2.75) is 20.0 Å². The van der Waals surface area contributed by atoms with Crippen LogP contribution in [0.5, 0.6) is 0 Å². The number of hydrogen-bond donors (Lipinski definition) is 1. The topological polar surface area (TPSA) is 64.1 Å². The summed E-state index contributed by atoms with van der Waals surface area (Å²) >= 11 is 1.62. The van der Waals surface area contributed by atoms with Crippen molar-refractivity contribution in [2.75, 3.05) is 11.9 Å². The molecule has 1 unspecified atom stereocenters. The molecule has 34 heavy (non-hydrogen) atoms. The van der Waals surface area contributed by atoms with Gasteiger partial charge in [-0.1, -0.05) is 60.7 Å². The highest BCUT2D eigenvalue weighted by atomic mass is 32.1. The minimum atomic E-state index is -0.820. The smallest absolute Gasteiger partial charge is 0.233 e. The molecule has 0 saturated carbocycles. The molecule has 2 heterocycles. The Kier molecular flexibility index (Phi) is 6.34. The number of amides is 1. The normalized spacial score (nSPS) is 13.1. The average Bonchev–Trinajstić information content (AvgIpc) is 3.27. The summed E-state index contributed by atoms with van der Waals surface area (Å²) in [6.45, 7) is 2.65. The highest BCUT2D eigenvalue weighted by Crippen LogP contribution is 2.31. The molecule has 0 spiro atoms. The number of aromatic nitrogens is 2. The van der Waals surface area contributed by atoms with E-state index in [9.17, 15) is 4.79 Å². The molecule has 0 radical (unpaired) electrons. The number of nitrogens with zero attached hydrogens (tertiary/aromatic N) is 2. The molecule has 2 aromatic heterocycles. The molecular formula is C28H25N3O2S. The zero-order chi connectivity index (χ0) is 23.4. The lowest BCUT2D eigenvalue weighted by Gasteiger charge is -2.27. The van der Waals surface area contributed by atoms with Crippen LogP contribution in [-0.4, -0.2) is 22.5 Å². The number of para-hydroxylation sites is 2. The van der Waals surface area contributed by atoms with Gasteiger partial charge in [0.1, 0.15) is 0 Å². The van der Waals surface area contributed by atoms with E-state index in [1.54, 1.807) is 17.5 Å². The molecule has 5 aromatic rings. The fourth-order valence-corrected chi connectivity index (χ4v) is 5.13. The van der Waals surface area contributed by atoms with E-state index < -0.39 is 5.41 Å². The quantitative estimate of drug-likeness (QED) is 0.293. The largest absolute Gasteiger partial charge is 0.376 e. The minimum Gasteiger partial charge on any atom is -0.376 e. The molecule has 6 heteroatoms. The van der Waals surface area contributed by atoms with Crippen molar-refractivity contribution in [3.63, 3.8) is 0 Å². The van der Waals surface area contributed by atoms with E-state index in [-0.39, 0.29) is 12.5 Å². The predicted molar refractivity (Wildman–Crippen MR) is 138 cm³/mol. The van der Waals surface area contributed by atoms with Gasteiger partial charge in [-0.2, -0.15) is 0 Å². The van der Waals surface area contributed by atoms with Gasteiger partial charge in [0.05, 0.1) is 45.1 Å². The molecule has 170 valence electrons. The molecule has 5 rings (SSSR count). The fraction of sp³-hybridized carbons (Fsp3) is 0.179. The summed E-state index contributed by atoms with van der Waals surface area (Å²) in [5.41, 5.74) is 2.67. The van der Waals surface area contributed by atoms with Crippen LogP contribution in [0.4, 0.5) is 5.69 Å². The van der Waals surface area contributed by atoms with Gasteiger partial charge in [-0.15, -0.1) is 11.3 Å². The lowest BCUT2D eigenvalue weighted by atomic mass is 9.86. The van der Waals surface area contributed by atoms with E-state index in [1.165, 1.54) is 0 Å². The highest BCUT2D eigenvalue weighted by Gasteiger charge is 2.35. The number of benzene rings is 3. The van der Waals surface area contributed by atoms with Gasteiger partial charge < -0.3 is 10.1 Å². The van der Waals surface area contributed by atoms with Gasteiger partial charge >= 0.3 is 0 Å². The van der Waals surface area contributed by atoms with Crippen molar-refractivity contribution in [1.82, 2.24) is 9.97 Å². The Balaban J connectivity index is 1.41. The number of pyridine rings is 1. The van der Waals surface area contributed by atoms with Gasteiger partial charge in [0.15, 0.2) is 0 Å². The van der Waals surface area contributed by atoms with Gasteiger partial charge in [-0.3, -0.25) is 9.78 Å². The van der Waals surface area contributed by atoms with Gasteiger partial charge in [-0.05, 0) is 36.8 Å². The monoisotopic (exact) mass is 467 g/mol. The first-order valence-electron chi connectivity index (χ1n) is 11.2. The second-order valence-corrected chi connectivity index (χ2v) is 9.74. The van der Waals surface area contributed by atoms with Crippen LogP contribution in [0.3, 0.4) is 0 Å². The van der Waals surface area contributed by atoms with E-state index in [4.69, 9.17) is 9.72 Å². The van der Waals surface area contributed by atoms with Crippen molar-refractivity contribution in [3.05, 3.63) is 102 Å². The molecule has 0 bridgehead atoms. The Hall–Kier alpha value is -3.61. The number of carbonyl (C=O) groups excluding carboxylic acids is 1. The molecule has 0 aliphatic rings. The first kappa shape index (κ1) is 22.2. The Morgan fingerprint density at radius 3 is 2.62 bits per heavy atom. The van der Waals surface area contributed by atoms with E-state index in [1.807, 2.05) is 85.8 Å². The Bertz CT molecular complexity index is 1400. The molecule has 3 aromatic carbocycles. The summed E-state index contributed by atoms with van der Waals surface area (Å²) in [4.78, 5) is 22.9. The van der Waals surface area contributed by atoms with Crippen molar-refractivity contribution in [1.29, 1.82) is 0 Å². The number of nitrogens with one attached hydrogen (secondary N) is 1. The molecule has 1 N–H and O–H groups in total. The SMILES string of the molecule is CC(COCc1ccccc1)(Cc1nc2ccccc2s1)C(=O)Nc1cccc2cccnc12. The van der Waals surface area contributed by atoms with Crippen LogP contribution in [0.25, 0.3) is 21.1 Å². The Morgan fingerprint density at radius 1 is 0.971 bits per heavy atom. The molecule has 0 fully saturated rings. The summed E-state index contributed by atoms with van der Waals surface area (Å²) in [5, 5.41) is 5.02. The summed E-state index contributed by atoms with van der Waals surface area (Å²) in [5.74, 6) is -0.113.